The van der Waals surface area contributed by atoms with E-state index in [0.29, 0.717) is 0 Å². The van der Waals surface area contributed by atoms with Crippen molar-refractivity contribution in [3.8, 4) is 0 Å². The first kappa shape index (κ1) is 12.3. The molecule has 0 amide bonds. The van der Waals surface area contributed by atoms with Crippen LogP contribution in [0.4, 0.5) is 5.13 Å². The summed E-state index contributed by atoms with van der Waals surface area (Å²) in [5.41, 5.74) is 0. The molecule has 1 aliphatic rings. The van der Waals surface area contributed by atoms with E-state index in [-0.39, 0.29) is 21.5 Å². The van der Waals surface area contributed by atoms with E-state index in [9.17, 15) is 0 Å². The van der Waals surface area contributed by atoms with E-state index in [1.807, 2.05) is 11.6 Å². The third-order valence-corrected chi connectivity index (χ3v) is 7.26. The van der Waals surface area contributed by atoms with Gasteiger partial charge in [-0.2, -0.15) is 0 Å². The predicted molar refractivity (Wildman–Crippen MR) is 68.9 cm³/mol. The van der Waals surface area contributed by atoms with Gasteiger partial charge >= 0.3 is 120 Å². The minimum absolute atomic E-state index is 0.0725. The molecule has 0 aromatic carbocycles. The van der Waals surface area contributed by atoms with Gasteiger partial charge in [0.2, 0.25) is 0 Å². The first-order chi connectivity index (χ1) is 7.38. The normalized spacial score (nSPS) is 26.7. The van der Waals surface area contributed by atoms with E-state index in [2.05, 4.69) is 34.9 Å². The first-order valence-electron chi connectivity index (χ1n) is 5.02. The molecule has 0 aliphatic heterocycles. The van der Waals surface area contributed by atoms with E-state index in [0.717, 1.165) is 15.1 Å². The van der Waals surface area contributed by atoms with Gasteiger partial charge in [-0.05, 0) is 0 Å². The quantitative estimate of drug-likeness (QED) is 0.380. The number of rotatable bonds is 4. The van der Waals surface area contributed by atoms with Gasteiger partial charge in [0.05, 0.1) is 0 Å². The molecule has 15 heavy (non-hydrogen) atoms. The molecule has 6 heteroatoms. The molecule has 2 N–H and O–H groups in total. The van der Waals surface area contributed by atoms with Gasteiger partial charge in [-0.25, -0.2) is 0 Å². The zero-order valence-corrected chi connectivity index (χ0v) is 13.4. The molecule has 0 bridgehead atoms. The van der Waals surface area contributed by atoms with Crippen LogP contribution in [0.15, 0.2) is 11.6 Å². The third-order valence-electron chi connectivity index (χ3n) is 2.49. The topological polar surface area (TPSA) is 37.0 Å². The van der Waals surface area contributed by atoms with Gasteiger partial charge in [0, 0.05) is 0 Å². The number of nitrogens with zero attached hydrogens (tertiary/aromatic N) is 1. The molecule has 1 aliphatic carbocycles. The van der Waals surface area contributed by atoms with Crippen LogP contribution in [-0.2, 0) is 0 Å². The van der Waals surface area contributed by atoms with Crippen LogP contribution in [0.5, 0.6) is 0 Å². The number of aromatic nitrogens is 1. The fourth-order valence-electron chi connectivity index (χ4n) is 1.72. The maximum atomic E-state index is 4.26. The molecule has 1 aromatic rings. The van der Waals surface area contributed by atoms with E-state index < -0.39 is 0 Å². The van der Waals surface area contributed by atoms with Crippen LogP contribution in [0.25, 0.3) is 0 Å². The second-order valence-corrected chi connectivity index (χ2v) is 8.05. The average molecular weight is 450 g/mol. The minimum atomic E-state index is 0.0725. The molecule has 0 radical (unpaired) electrons. The molecule has 1 fully saturated rings. The molecular weight excluding hydrogens is 436 g/mol. The molecule has 2 unspecified atom stereocenters. The summed E-state index contributed by atoms with van der Waals surface area (Å²) in [4.78, 5) is 4.26. The molecule has 1 aromatic heterocycles. The fraction of sp³-hybridized carbons (Fsp3) is 0.667. The first-order valence-corrected chi connectivity index (χ1v) is 9.31. The predicted octanol–water partition coefficient (Wildman–Crippen LogP) is -0.190. The van der Waals surface area contributed by atoms with Crippen molar-refractivity contribution in [3.05, 3.63) is 11.6 Å². The van der Waals surface area contributed by atoms with Crippen LogP contribution >= 0.6 is 34.2 Å². The standard InChI is InChI=1S/C9H14I2N3S/c10-13-8-3-1-2-7(6-8)11-14-9-12-4-5-15-9/h4-5,7-8,13H,1-3,6H2,(H,12,14)/q-1. The Morgan fingerprint density at radius 3 is 3.20 bits per heavy atom. The van der Waals surface area contributed by atoms with E-state index in [1.54, 1.807) is 11.3 Å². The zero-order chi connectivity index (χ0) is 10.5. The van der Waals surface area contributed by atoms with Crippen molar-refractivity contribution in [3.63, 3.8) is 0 Å². The molecule has 86 valence electrons. The molecule has 1 heterocycles. The van der Waals surface area contributed by atoms with Crippen molar-refractivity contribution >= 4 is 39.3 Å². The Morgan fingerprint density at radius 1 is 1.53 bits per heavy atom. The van der Waals surface area contributed by atoms with Crippen LogP contribution in [0.2, 0.25) is 0 Å². The number of thiazole rings is 1. The zero-order valence-electron chi connectivity index (χ0n) is 8.25. The van der Waals surface area contributed by atoms with Gasteiger partial charge in [-0.1, -0.05) is 0 Å². The number of anilines is 1. The van der Waals surface area contributed by atoms with Crippen molar-refractivity contribution in [1.29, 1.82) is 0 Å². The number of hydrogen-bond donors (Lipinski definition) is 2. The van der Waals surface area contributed by atoms with Crippen LogP contribution < -0.4 is 28.5 Å². The number of hydrogen-bond acceptors (Lipinski definition) is 4. The Morgan fingerprint density at radius 2 is 2.47 bits per heavy atom. The van der Waals surface area contributed by atoms with Gasteiger partial charge in [-0.3, -0.25) is 0 Å². The second kappa shape index (κ2) is 6.55. The molecule has 2 atom stereocenters. The van der Waals surface area contributed by atoms with Gasteiger partial charge in [0.15, 0.2) is 0 Å². The Kier molecular flexibility index (Phi) is 5.38. The van der Waals surface area contributed by atoms with Gasteiger partial charge in [0.1, 0.15) is 0 Å². The maximum absolute atomic E-state index is 4.26. The van der Waals surface area contributed by atoms with Gasteiger partial charge < -0.3 is 0 Å². The summed E-state index contributed by atoms with van der Waals surface area (Å²) >= 11 is 4.07. The summed E-state index contributed by atoms with van der Waals surface area (Å²) in [6.07, 6.45) is 7.34. The summed E-state index contributed by atoms with van der Waals surface area (Å²) in [7, 11) is 0. The number of nitrogens with one attached hydrogen (secondary N) is 2. The van der Waals surface area contributed by atoms with Crippen LogP contribution in [0.1, 0.15) is 25.7 Å². The summed E-state index contributed by atoms with van der Waals surface area (Å²) in [6, 6.07) is 0.738. The van der Waals surface area contributed by atoms with Crippen LogP contribution in [-0.4, -0.2) is 15.0 Å². The van der Waals surface area contributed by atoms with Crippen LogP contribution in [0, 0.1) is 0 Å². The van der Waals surface area contributed by atoms with Crippen molar-refractivity contribution < 1.29 is 21.5 Å². The summed E-state index contributed by atoms with van der Waals surface area (Å²) < 4.78 is 7.81. The molecule has 3 nitrogen and oxygen atoms in total. The third kappa shape index (κ3) is 3.97. The fourth-order valence-corrected chi connectivity index (χ4v) is 5.85. The van der Waals surface area contributed by atoms with Gasteiger partial charge in [-0.15, -0.1) is 0 Å². The summed E-state index contributed by atoms with van der Waals surface area (Å²) in [5.74, 6) is 0. The summed E-state index contributed by atoms with van der Waals surface area (Å²) in [6.45, 7) is 0. The number of halogens is 2. The Bertz CT molecular complexity index is 281. The van der Waals surface area contributed by atoms with E-state index >= 15 is 0 Å². The monoisotopic (exact) mass is 450 g/mol. The van der Waals surface area contributed by atoms with Crippen LogP contribution in [0.3, 0.4) is 0 Å². The van der Waals surface area contributed by atoms with Crippen molar-refractivity contribution in [2.24, 2.45) is 0 Å². The Hall–Kier alpha value is 0.850. The van der Waals surface area contributed by atoms with E-state index in [4.69, 9.17) is 0 Å². The molecular formula is C9H14I2N3S-. The molecule has 0 spiro atoms. The van der Waals surface area contributed by atoms with Crippen molar-refractivity contribution in [2.75, 3.05) is 3.53 Å². The average Bonchev–Trinajstić information content (AvgIpc) is 2.79. The number of alkyl halides is 1. The van der Waals surface area contributed by atoms with Crippen molar-refractivity contribution in [2.45, 2.75) is 35.6 Å². The van der Waals surface area contributed by atoms with E-state index in [1.165, 1.54) is 25.7 Å². The molecule has 1 saturated carbocycles. The second-order valence-electron chi connectivity index (χ2n) is 3.61. The Labute approximate surface area is 119 Å². The molecule has 0 saturated heterocycles. The summed E-state index contributed by atoms with van der Waals surface area (Å²) in [5, 5.41) is 3.13. The SMILES string of the molecule is INC1CCCC([I-]Nc2nccs2)C1. The van der Waals surface area contributed by atoms with Crippen molar-refractivity contribution in [1.82, 2.24) is 8.51 Å². The molecule has 2 rings (SSSR count). The van der Waals surface area contributed by atoms with Gasteiger partial charge in [0.25, 0.3) is 0 Å². The Balaban J connectivity index is 1.74.